The predicted octanol–water partition coefficient (Wildman–Crippen LogP) is 3.32. The van der Waals surface area contributed by atoms with E-state index in [4.69, 9.17) is 4.74 Å². The maximum absolute atomic E-state index is 5.60. The number of hydrogen-bond donors (Lipinski definition) is 2. The molecule has 1 atom stereocenters. The number of halogens is 1. The zero-order valence-corrected chi connectivity index (χ0v) is 21.7. The van der Waals surface area contributed by atoms with E-state index in [-0.39, 0.29) is 29.5 Å². The Morgan fingerprint density at radius 2 is 1.79 bits per heavy atom. The van der Waals surface area contributed by atoms with Gasteiger partial charge in [-0.25, -0.2) is 0 Å². The lowest BCUT2D eigenvalue weighted by molar-refractivity contribution is -0.0352. The molecule has 1 heterocycles. The van der Waals surface area contributed by atoms with Crippen LogP contribution in [0.25, 0.3) is 0 Å². The van der Waals surface area contributed by atoms with Crippen LogP contribution in [0.3, 0.4) is 0 Å². The molecule has 7 heteroatoms. The van der Waals surface area contributed by atoms with Crippen LogP contribution in [0.5, 0.6) is 0 Å². The van der Waals surface area contributed by atoms with Crippen LogP contribution in [0, 0.1) is 0 Å². The Hall–Kier alpha value is -0.120. The molecule has 1 saturated carbocycles. The lowest BCUT2D eigenvalue weighted by Crippen LogP contribution is -2.60. The van der Waals surface area contributed by atoms with Crippen LogP contribution < -0.4 is 10.6 Å². The van der Waals surface area contributed by atoms with Gasteiger partial charge in [0.15, 0.2) is 5.96 Å². The number of morpholine rings is 1. The number of nitrogens with zero attached hydrogens (tertiary/aromatic N) is 3. The van der Waals surface area contributed by atoms with Gasteiger partial charge in [-0.1, -0.05) is 33.1 Å². The first-order chi connectivity index (χ1) is 13.6. The van der Waals surface area contributed by atoms with E-state index in [0.717, 1.165) is 51.9 Å². The van der Waals surface area contributed by atoms with Crippen LogP contribution in [0.2, 0.25) is 0 Å². The fourth-order valence-corrected chi connectivity index (χ4v) is 4.76. The highest BCUT2D eigenvalue weighted by atomic mass is 127. The molecule has 0 bridgehead atoms. The molecule has 0 radical (unpaired) electrons. The maximum Gasteiger partial charge on any atom is 0.191 e. The van der Waals surface area contributed by atoms with Crippen molar-refractivity contribution in [1.82, 2.24) is 20.4 Å². The highest BCUT2D eigenvalue weighted by Crippen LogP contribution is 2.33. The van der Waals surface area contributed by atoms with Gasteiger partial charge in [0.2, 0.25) is 0 Å². The Morgan fingerprint density at radius 3 is 2.38 bits per heavy atom. The normalized spacial score (nSPS) is 21.5. The molecule has 172 valence electrons. The molecule has 2 aliphatic rings. The van der Waals surface area contributed by atoms with Gasteiger partial charge in [-0.15, -0.1) is 24.0 Å². The summed E-state index contributed by atoms with van der Waals surface area (Å²) in [6.07, 6.45) is 9.03. The third-order valence-electron chi connectivity index (χ3n) is 6.66. The molecule has 1 unspecified atom stereocenters. The number of ether oxygens (including phenoxy) is 1. The standard InChI is InChI=1S/C22H45N5O.HI/c1-5-26(6-2)14-10-11-20(3)25-21(23-4)24-19-22(12-8-7-9-13-22)27-15-17-28-18-16-27;/h20H,5-19H2,1-4H3,(H2,23,24,25);1H. The topological polar surface area (TPSA) is 52.1 Å². The molecule has 2 fully saturated rings. The van der Waals surface area contributed by atoms with E-state index >= 15 is 0 Å². The van der Waals surface area contributed by atoms with Gasteiger partial charge in [0.05, 0.1) is 13.2 Å². The number of hydrogen-bond acceptors (Lipinski definition) is 4. The fraction of sp³-hybridized carbons (Fsp3) is 0.955. The van der Waals surface area contributed by atoms with Crippen LogP contribution in [0.1, 0.15) is 65.7 Å². The second-order valence-corrected chi connectivity index (χ2v) is 8.52. The summed E-state index contributed by atoms with van der Waals surface area (Å²) in [4.78, 5) is 9.68. The van der Waals surface area contributed by atoms with E-state index in [0.29, 0.717) is 6.04 Å². The van der Waals surface area contributed by atoms with Crippen LogP contribution in [-0.2, 0) is 4.74 Å². The molecule has 0 spiro atoms. The summed E-state index contributed by atoms with van der Waals surface area (Å²) in [6, 6.07) is 0.437. The highest BCUT2D eigenvalue weighted by Gasteiger charge is 2.38. The zero-order chi connectivity index (χ0) is 20.2. The van der Waals surface area contributed by atoms with Gasteiger partial charge in [0, 0.05) is 38.3 Å². The number of guanidine groups is 1. The summed E-state index contributed by atoms with van der Waals surface area (Å²) < 4.78 is 5.60. The van der Waals surface area contributed by atoms with Crippen molar-refractivity contribution in [2.75, 3.05) is 59.5 Å². The van der Waals surface area contributed by atoms with E-state index < -0.39 is 0 Å². The summed E-state index contributed by atoms with van der Waals surface area (Å²) in [5.41, 5.74) is 0.269. The molecule has 29 heavy (non-hydrogen) atoms. The van der Waals surface area contributed by atoms with Crippen molar-refractivity contribution in [3.8, 4) is 0 Å². The summed E-state index contributed by atoms with van der Waals surface area (Å²) in [6.45, 7) is 15.1. The summed E-state index contributed by atoms with van der Waals surface area (Å²) in [7, 11) is 1.89. The Morgan fingerprint density at radius 1 is 1.14 bits per heavy atom. The first-order valence-electron chi connectivity index (χ1n) is 11.7. The minimum atomic E-state index is 0. The lowest BCUT2D eigenvalue weighted by Gasteiger charge is -2.48. The van der Waals surface area contributed by atoms with Crippen LogP contribution in [0.15, 0.2) is 4.99 Å². The van der Waals surface area contributed by atoms with Crippen molar-refractivity contribution in [2.45, 2.75) is 77.3 Å². The SMILES string of the molecule is CCN(CC)CCCC(C)NC(=NC)NCC1(N2CCOCC2)CCCCC1.I. The van der Waals surface area contributed by atoms with Crippen LogP contribution >= 0.6 is 24.0 Å². The van der Waals surface area contributed by atoms with Crippen molar-refractivity contribution in [2.24, 2.45) is 4.99 Å². The lowest BCUT2D eigenvalue weighted by atomic mass is 9.80. The smallest absolute Gasteiger partial charge is 0.191 e. The molecule has 1 saturated heterocycles. The summed E-state index contributed by atoms with van der Waals surface area (Å²) >= 11 is 0. The summed E-state index contributed by atoms with van der Waals surface area (Å²) in [5, 5.41) is 7.29. The van der Waals surface area contributed by atoms with Crippen molar-refractivity contribution in [1.29, 1.82) is 0 Å². The average Bonchev–Trinajstić information content (AvgIpc) is 2.75. The monoisotopic (exact) mass is 523 g/mol. The van der Waals surface area contributed by atoms with Gasteiger partial charge in [-0.2, -0.15) is 0 Å². The Balaban J connectivity index is 0.00000420. The van der Waals surface area contributed by atoms with E-state index in [2.05, 4.69) is 46.2 Å². The maximum atomic E-state index is 5.60. The quantitative estimate of drug-likeness (QED) is 0.262. The predicted molar refractivity (Wildman–Crippen MR) is 135 cm³/mol. The molecule has 0 aromatic rings. The van der Waals surface area contributed by atoms with E-state index in [1.54, 1.807) is 0 Å². The van der Waals surface area contributed by atoms with E-state index in [1.807, 2.05) is 7.05 Å². The van der Waals surface area contributed by atoms with Crippen molar-refractivity contribution < 1.29 is 4.74 Å². The van der Waals surface area contributed by atoms with Gasteiger partial charge < -0.3 is 20.3 Å². The summed E-state index contributed by atoms with van der Waals surface area (Å²) in [5.74, 6) is 0.952. The van der Waals surface area contributed by atoms with Crippen molar-refractivity contribution in [3.63, 3.8) is 0 Å². The fourth-order valence-electron chi connectivity index (χ4n) is 4.76. The van der Waals surface area contributed by atoms with Crippen LogP contribution in [-0.4, -0.2) is 86.9 Å². The van der Waals surface area contributed by atoms with Gasteiger partial charge in [-0.3, -0.25) is 9.89 Å². The Bertz CT molecular complexity index is 446. The van der Waals surface area contributed by atoms with Crippen LogP contribution in [0.4, 0.5) is 0 Å². The second-order valence-electron chi connectivity index (χ2n) is 8.52. The molecule has 2 N–H and O–H groups in total. The third-order valence-corrected chi connectivity index (χ3v) is 6.66. The van der Waals surface area contributed by atoms with Crippen molar-refractivity contribution in [3.05, 3.63) is 0 Å². The van der Waals surface area contributed by atoms with Gasteiger partial charge in [-0.05, 0) is 52.2 Å². The molecule has 1 aliphatic heterocycles. The average molecular weight is 524 g/mol. The Kier molecular flexibility index (Phi) is 13.7. The molecule has 6 nitrogen and oxygen atoms in total. The molecular weight excluding hydrogens is 477 g/mol. The number of aliphatic imine (C=N–C) groups is 1. The third kappa shape index (κ3) is 8.87. The molecule has 0 amide bonds. The minimum absolute atomic E-state index is 0. The van der Waals surface area contributed by atoms with Gasteiger partial charge in [0.25, 0.3) is 0 Å². The number of nitrogens with one attached hydrogen (secondary N) is 2. The molecule has 0 aromatic carbocycles. The first kappa shape index (κ1) is 26.9. The molecule has 0 aromatic heterocycles. The second kappa shape index (κ2) is 14.8. The minimum Gasteiger partial charge on any atom is -0.379 e. The molecule has 1 aliphatic carbocycles. The van der Waals surface area contributed by atoms with E-state index in [9.17, 15) is 0 Å². The van der Waals surface area contributed by atoms with Gasteiger partial charge >= 0.3 is 0 Å². The van der Waals surface area contributed by atoms with Crippen molar-refractivity contribution >= 4 is 29.9 Å². The number of rotatable bonds is 10. The molecule has 2 rings (SSSR count). The highest BCUT2D eigenvalue weighted by molar-refractivity contribution is 14.0. The van der Waals surface area contributed by atoms with E-state index in [1.165, 1.54) is 51.5 Å². The molecular formula is C22H46IN5O. The Labute approximate surface area is 196 Å². The largest absolute Gasteiger partial charge is 0.379 e. The van der Waals surface area contributed by atoms with Gasteiger partial charge in [0.1, 0.15) is 0 Å². The first-order valence-corrected chi connectivity index (χ1v) is 11.7. The zero-order valence-electron chi connectivity index (χ0n) is 19.3.